The third-order valence-corrected chi connectivity index (χ3v) is 11.1. The first-order chi connectivity index (χ1) is 22.6. The molecule has 0 aromatic heterocycles. The van der Waals surface area contributed by atoms with E-state index >= 15 is 0 Å². The lowest BCUT2D eigenvalue weighted by molar-refractivity contribution is -0.384. The molecule has 0 radical (unpaired) electrons. The number of hydrogen-bond acceptors (Lipinski definition) is 6. The SMILES string of the molecule is C=C(C)C(=O)OC.CCC(C)(C)C(=O)OC.FC(F)(F)C1(C(F)(F)F)OC2CC3CC2C1C3.FC(F)(F)C1(C(F)(F)F)OC2CC3CC2C1C3. The van der Waals surface area contributed by atoms with Gasteiger partial charge in [0.05, 0.1) is 31.8 Å². The molecule has 2 aliphatic heterocycles. The summed E-state index contributed by atoms with van der Waals surface area (Å²) in [6.45, 7) is 10.7. The lowest BCUT2D eigenvalue weighted by atomic mass is 9.78. The summed E-state index contributed by atoms with van der Waals surface area (Å²) in [6.07, 6.45) is -20.9. The smallest absolute Gasteiger partial charge is 0.426 e. The molecule has 0 spiro atoms. The van der Waals surface area contributed by atoms with Crippen molar-refractivity contribution in [3.8, 4) is 0 Å². The fraction of sp³-hybridized carbons (Fsp3) is 0.875. The average molecular weight is 751 g/mol. The van der Waals surface area contributed by atoms with Crippen LogP contribution in [0.3, 0.4) is 0 Å². The highest BCUT2D eigenvalue weighted by Gasteiger charge is 2.84. The monoisotopic (exact) mass is 750 g/mol. The van der Waals surface area contributed by atoms with Crippen LogP contribution in [0.1, 0.15) is 72.6 Å². The summed E-state index contributed by atoms with van der Waals surface area (Å²) in [7, 11) is 2.75. The molecule has 6 rings (SSSR count). The zero-order valence-corrected chi connectivity index (χ0v) is 28.3. The van der Waals surface area contributed by atoms with E-state index in [1.165, 1.54) is 14.2 Å². The van der Waals surface area contributed by atoms with Crippen molar-refractivity contribution in [2.24, 2.45) is 40.9 Å². The molecule has 6 fully saturated rings. The number of methoxy groups -OCH3 is 2. The average Bonchev–Trinajstić information content (AvgIpc) is 3.78. The van der Waals surface area contributed by atoms with Gasteiger partial charge in [-0.2, -0.15) is 52.7 Å². The maximum atomic E-state index is 12.9. The van der Waals surface area contributed by atoms with Crippen molar-refractivity contribution in [1.82, 2.24) is 0 Å². The number of rotatable bonds is 3. The minimum atomic E-state index is -5.39. The predicted molar refractivity (Wildman–Crippen MR) is 151 cm³/mol. The number of carbonyl (C=O) groups is 2. The molecular formula is C32H42F12O6. The normalized spacial score (nSPS) is 32.6. The van der Waals surface area contributed by atoms with E-state index in [-0.39, 0.29) is 42.0 Å². The highest BCUT2D eigenvalue weighted by Crippen LogP contribution is 2.69. The van der Waals surface area contributed by atoms with Crippen LogP contribution in [0.5, 0.6) is 0 Å². The molecule has 8 atom stereocenters. The molecule has 290 valence electrons. The van der Waals surface area contributed by atoms with Gasteiger partial charge in [-0.05, 0) is 89.4 Å². The van der Waals surface area contributed by atoms with Gasteiger partial charge >= 0.3 is 36.6 Å². The van der Waals surface area contributed by atoms with Gasteiger partial charge in [0, 0.05) is 17.4 Å². The Labute approximate surface area is 281 Å². The molecule has 18 heteroatoms. The quantitative estimate of drug-likeness (QED) is 0.163. The van der Waals surface area contributed by atoms with Crippen molar-refractivity contribution in [3.05, 3.63) is 12.2 Å². The first kappa shape index (κ1) is 42.2. The largest absolute Gasteiger partial charge is 0.469 e. The summed E-state index contributed by atoms with van der Waals surface area (Å²) in [5, 5.41) is 0. The number of ether oxygens (including phenoxy) is 4. The molecule has 2 heterocycles. The third-order valence-electron chi connectivity index (χ3n) is 11.1. The third kappa shape index (κ3) is 7.21. The lowest BCUT2D eigenvalue weighted by Crippen LogP contribution is -2.60. The first-order valence-corrected chi connectivity index (χ1v) is 16.0. The number of fused-ring (bicyclic) bond motifs is 2. The Balaban J connectivity index is 0.000000193. The van der Waals surface area contributed by atoms with Gasteiger partial charge in [-0.3, -0.25) is 4.79 Å². The van der Waals surface area contributed by atoms with E-state index in [1.54, 1.807) is 6.92 Å². The van der Waals surface area contributed by atoms with Gasteiger partial charge in [0.2, 0.25) is 0 Å². The molecule has 8 unspecified atom stereocenters. The molecule has 6 nitrogen and oxygen atoms in total. The minimum absolute atomic E-state index is 0.0137. The second-order valence-electron chi connectivity index (χ2n) is 14.5. The van der Waals surface area contributed by atoms with Gasteiger partial charge in [0.1, 0.15) is 0 Å². The van der Waals surface area contributed by atoms with E-state index in [9.17, 15) is 62.3 Å². The van der Waals surface area contributed by atoms with Gasteiger partial charge in [0.15, 0.2) is 0 Å². The Morgan fingerprint density at radius 3 is 1.16 bits per heavy atom. The Morgan fingerprint density at radius 2 is 1.00 bits per heavy atom. The van der Waals surface area contributed by atoms with Crippen molar-refractivity contribution < 1.29 is 81.2 Å². The van der Waals surface area contributed by atoms with Gasteiger partial charge in [-0.15, -0.1) is 0 Å². The summed E-state index contributed by atoms with van der Waals surface area (Å²) in [5.41, 5.74) is -7.71. The Kier molecular flexibility index (Phi) is 11.8. The summed E-state index contributed by atoms with van der Waals surface area (Å²) < 4.78 is 173. The Morgan fingerprint density at radius 1 is 0.660 bits per heavy atom. The molecule has 0 aromatic rings. The Bertz CT molecular complexity index is 1150. The lowest BCUT2D eigenvalue weighted by Gasteiger charge is -2.37. The van der Waals surface area contributed by atoms with Crippen LogP contribution >= 0.6 is 0 Å². The highest BCUT2D eigenvalue weighted by atomic mass is 19.4. The van der Waals surface area contributed by atoms with Gasteiger partial charge < -0.3 is 18.9 Å². The summed E-state index contributed by atoms with van der Waals surface area (Å²) in [5.74, 6) is -4.54. The second-order valence-corrected chi connectivity index (χ2v) is 14.5. The van der Waals surface area contributed by atoms with Crippen molar-refractivity contribution in [1.29, 1.82) is 0 Å². The van der Waals surface area contributed by atoms with Crippen LogP contribution in [-0.2, 0) is 28.5 Å². The van der Waals surface area contributed by atoms with E-state index in [1.807, 2.05) is 20.8 Å². The summed E-state index contributed by atoms with van der Waals surface area (Å²) in [6, 6.07) is 0. The van der Waals surface area contributed by atoms with Crippen LogP contribution < -0.4 is 0 Å². The molecule has 0 amide bonds. The van der Waals surface area contributed by atoms with Gasteiger partial charge in [0.25, 0.3) is 11.2 Å². The fourth-order valence-electron chi connectivity index (χ4n) is 8.45. The van der Waals surface area contributed by atoms with Crippen LogP contribution in [0.4, 0.5) is 52.7 Å². The second kappa shape index (κ2) is 14.0. The van der Waals surface area contributed by atoms with Crippen LogP contribution in [0.25, 0.3) is 0 Å². The molecule has 2 saturated heterocycles. The maximum Gasteiger partial charge on any atom is 0.426 e. The van der Waals surface area contributed by atoms with Crippen LogP contribution in [-0.4, -0.2) is 74.3 Å². The van der Waals surface area contributed by atoms with E-state index in [4.69, 9.17) is 0 Å². The van der Waals surface area contributed by atoms with Crippen LogP contribution in [0.15, 0.2) is 12.2 Å². The number of esters is 2. The minimum Gasteiger partial charge on any atom is -0.469 e. The number of halogens is 12. The predicted octanol–water partition coefficient (Wildman–Crippen LogP) is 8.92. The van der Waals surface area contributed by atoms with E-state index < -0.39 is 71.8 Å². The van der Waals surface area contributed by atoms with Crippen molar-refractivity contribution >= 4 is 11.9 Å². The number of hydrogen-bond donors (Lipinski definition) is 0. The zero-order valence-electron chi connectivity index (χ0n) is 28.3. The number of alkyl halides is 12. The highest BCUT2D eigenvalue weighted by molar-refractivity contribution is 5.86. The van der Waals surface area contributed by atoms with Crippen molar-refractivity contribution in [2.45, 2.75) is 121 Å². The van der Waals surface area contributed by atoms with Crippen LogP contribution in [0, 0.1) is 40.9 Å². The molecule has 4 bridgehead atoms. The van der Waals surface area contributed by atoms with Gasteiger partial charge in [-0.25, -0.2) is 4.79 Å². The van der Waals surface area contributed by atoms with E-state index in [0.717, 1.165) is 6.42 Å². The molecular weight excluding hydrogens is 708 g/mol. The van der Waals surface area contributed by atoms with Gasteiger partial charge in [-0.1, -0.05) is 13.5 Å². The molecule has 4 aliphatic carbocycles. The van der Waals surface area contributed by atoms with Crippen molar-refractivity contribution in [2.75, 3.05) is 14.2 Å². The van der Waals surface area contributed by atoms with E-state index in [0.29, 0.717) is 31.3 Å². The fourth-order valence-corrected chi connectivity index (χ4v) is 8.45. The maximum absolute atomic E-state index is 12.9. The van der Waals surface area contributed by atoms with E-state index in [2.05, 4.69) is 25.5 Å². The number of carbonyl (C=O) groups excluding carboxylic acids is 2. The molecule has 50 heavy (non-hydrogen) atoms. The topological polar surface area (TPSA) is 71.1 Å². The zero-order chi connectivity index (χ0) is 38.6. The molecule has 4 saturated carbocycles. The standard InChI is InChI=1S/2C10H10F6O.C7H14O2.C5H8O2/c2*11-9(12,13)8(10(14,15)16)6-2-4-1-5(6)7(3-4)17-8;1-5-7(2,3)6(8)9-4;1-4(2)5(6)7-3/h2*4-7H,1-3H2;5H2,1-4H3;1H2,2-3H3. The first-order valence-electron chi connectivity index (χ1n) is 16.0. The molecule has 6 aliphatic rings. The van der Waals surface area contributed by atoms with Crippen molar-refractivity contribution in [3.63, 3.8) is 0 Å². The molecule has 0 N–H and O–H groups in total. The Hall–Kier alpha value is -2.24. The molecule has 0 aromatic carbocycles. The summed E-state index contributed by atoms with van der Waals surface area (Å²) in [4.78, 5) is 21.0. The summed E-state index contributed by atoms with van der Waals surface area (Å²) >= 11 is 0. The van der Waals surface area contributed by atoms with Crippen LogP contribution in [0.2, 0.25) is 0 Å².